The van der Waals surface area contributed by atoms with E-state index in [-0.39, 0.29) is 11.9 Å². The number of benzene rings is 1. The van der Waals surface area contributed by atoms with Crippen LogP contribution in [0.4, 0.5) is 0 Å². The molecular weight excluding hydrogens is 212 g/mol. The Balaban J connectivity index is 1.72. The number of carbonyl (C=O) groups excluding carboxylic acids is 1. The minimum absolute atomic E-state index is 0.102. The number of rotatable bonds is 5. The van der Waals surface area contributed by atoms with Gasteiger partial charge in [-0.1, -0.05) is 24.3 Å². The highest BCUT2D eigenvalue weighted by molar-refractivity contribution is 5.76. The van der Waals surface area contributed by atoms with Crippen molar-refractivity contribution in [2.24, 2.45) is 5.73 Å². The van der Waals surface area contributed by atoms with Gasteiger partial charge in [0.05, 0.1) is 0 Å². The minimum Gasteiger partial charge on any atom is -0.355 e. The Morgan fingerprint density at radius 2 is 2.29 bits per heavy atom. The van der Waals surface area contributed by atoms with E-state index in [4.69, 9.17) is 5.73 Å². The van der Waals surface area contributed by atoms with E-state index < -0.39 is 0 Å². The Labute approximate surface area is 102 Å². The summed E-state index contributed by atoms with van der Waals surface area (Å²) in [5.41, 5.74) is 8.42. The molecule has 0 radical (unpaired) electrons. The van der Waals surface area contributed by atoms with Crippen molar-refractivity contribution in [2.45, 2.75) is 38.1 Å². The molecule has 1 aliphatic carbocycles. The van der Waals surface area contributed by atoms with E-state index in [0.717, 1.165) is 19.4 Å². The van der Waals surface area contributed by atoms with Gasteiger partial charge in [0.15, 0.2) is 0 Å². The fraction of sp³-hybridized carbons (Fsp3) is 0.500. The van der Waals surface area contributed by atoms with Crippen LogP contribution >= 0.6 is 0 Å². The summed E-state index contributed by atoms with van der Waals surface area (Å²) in [5, 5.41) is 2.99. The fourth-order valence-electron chi connectivity index (χ4n) is 2.23. The molecule has 0 spiro atoms. The first-order valence-corrected chi connectivity index (χ1v) is 6.27. The second kappa shape index (κ2) is 5.32. The van der Waals surface area contributed by atoms with Crippen molar-refractivity contribution in [3.63, 3.8) is 0 Å². The van der Waals surface area contributed by atoms with Gasteiger partial charge in [-0.25, -0.2) is 0 Å². The third-order valence-corrected chi connectivity index (χ3v) is 3.33. The van der Waals surface area contributed by atoms with Crippen LogP contribution in [-0.2, 0) is 11.2 Å². The SMILES string of the molecule is CC(N)CCC(=O)NCC1Cc2ccccc21. The summed E-state index contributed by atoms with van der Waals surface area (Å²) in [7, 11) is 0. The molecule has 3 heteroatoms. The number of nitrogens with one attached hydrogen (secondary N) is 1. The zero-order valence-electron chi connectivity index (χ0n) is 10.3. The number of amides is 1. The van der Waals surface area contributed by atoms with Crippen molar-refractivity contribution < 1.29 is 4.79 Å². The molecule has 2 rings (SSSR count). The normalized spacial score (nSPS) is 19.1. The Hall–Kier alpha value is -1.35. The van der Waals surface area contributed by atoms with Gasteiger partial charge < -0.3 is 11.1 Å². The summed E-state index contributed by atoms with van der Waals surface area (Å²) < 4.78 is 0. The maximum Gasteiger partial charge on any atom is 0.220 e. The van der Waals surface area contributed by atoms with Crippen molar-refractivity contribution in [3.05, 3.63) is 35.4 Å². The number of hydrogen-bond acceptors (Lipinski definition) is 2. The van der Waals surface area contributed by atoms with Crippen molar-refractivity contribution >= 4 is 5.91 Å². The largest absolute Gasteiger partial charge is 0.355 e. The number of nitrogens with two attached hydrogens (primary N) is 1. The van der Waals surface area contributed by atoms with Crippen LogP contribution in [0.5, 0.6) is 0 Å². The lowest BCUT2D eigenvalue weighted by atomic mass is 9.77. The molecule has 1 aromatic carbocycles. The first kappa shape index (κ1) is 12.1. The summed E-state index contributed by atoms with van der Waals surface area (Å²) in [5.74, 6) is 0.622. The average Bonchev–Trinajstić information content (AvgIpc) is 2.27. The van der Waals surface area contributed by atoms with Crippen molar-refractivity contribution in [2.75, 3.05) is 6.54 Å². The molecule has 1 aromatic rings. The zero-order valence-corrected chi connectivity index (χ0v) is 10.3. The van der Waals surface area contributed by atoms with E-state index in [9.17, 15) is 4.79 Å². The number of hydrogen-bond donors (Lipinski definition) is 2. The maximum atomic E-state index is 11.5. The third kappa shape index (κ3) is 3.07. The predicted molar refractivity (Wildman–Crippen MR) is 68.8 cm³/mol. The molecule has 2 unspecified atom stereocenters. The fourth-order valence-corrected chi connectivity index (χ4v) is 2.23. The van der Waals surface area contributed by atoms with Gasteiger partial charge in [0.25, 0.3) is 0 Å². The van der Waals surface area contributed by atoms with Gasteiger partial charge in [0.1, 0.15) is 0 Å². The van der Waals surface area contributed by atoms with Crippen LogP contribution in [0.2, 0.25) is 0 Å². The predicted octanol–water partition coefficient (Wildman–Crippen LogP) is 1.57. The molecule has 0 aromatic heterocycles. The zero-order chi connectivity index (χ0) is 12.3. The molecule has 0 aliphatic heterocycles. The van der Waals surface area contributed by atoms with Gasteiger partial charge in [-0.3, -0.25) is 4.79 Å². The van der Waals surface area contributed by atoms with Gasteiger partial charge in [0, 0.05) is 24.9 Å². The Kier molecular flexibility index (Phi) is 3.79. The molecule has 0 bridgehead atoms. The van der Waals surface area contributed by atoms with E-state index in [0.29, 0.717) is 12.3 Å². The van der Waals surface area contributed by atoms with Crippen LogP contribution in [0.15, 0.2) is 24.3 Å². The van der Waals surface area contributed by atoms with E-state index in [1.54, 1.807) is 0 Å². The lowest BCUT2D eigenvalue weighted by Gasteiger charge is -2.30. The third-order valence-electron chi connectivity index (χ3n) is 3.33. The van der Waals surface area contributed by atoms with Gasteiger partial charge in [0.2, 0.25) is 5.91 Å². The average molecular weight is 232 g/mol. The molecule has 92 valence electrons. The van der Waals surface area contributed by atoms with Crippen LogP contribution in [0.1, 0.15) is 36.8 Å². The van der Waals surface area contributed by atoms with E-state index >= 15 is 0 Å². The number of carbonyl (C=O) groups is 1. The second-order valence-electron chi connectivity index (χ2n) is 4.92. The Morgan fingerprint density at radius 1 is 1.53 bits per heavy atom. The second-order valence-corrected chi connectivity index (χ2v) is 4.92. The quantitative estimate of drug-likeness (QED) is 0.809. The molecule has 3 N–H and O–H groups in total. The molecule has 2 atom stereocenters. The van der Waals surface area contributed by atoms with E-state index in [2.05, 4.69) is 29.6 Å². The smallest absolute Gasteiger partial charge is 0.220 e. The lowest BCUT2D eigenvalue weighted by molar-refractivity contribution is -0.121. The summed E-state index contributed by atoms with van der Waals surface area (Å²) in [6.07, 6.45) is 2.38. The van der Waals surface area contributed by atoms with Crippen LogP contribution in [-0.4, -0.2) is 18.5 Å². The standard InChI is InChI=1S/C14H20N2O/c1-10(15)6-7-14(17)16-9-12-8-11-4-2-3-5-13(11)12/h2-5,10,12H,6-9,15H2,1H3,(H,16,17). The van der Waals surface area contributed by atoms with Gasteiger partial charge in [-0.2, -0.15) is 0 Å². The molecule has 0 heterocycles. The summed E-state index contributed by atoms with van der Waals surface area (Å²) in [4.78, 5) is 11.5. The van der Waals surface area contributed by atoms with Crippen LogP contribution < -0.4 is 11.1 Å². The highest BCUT2D eigenvalue weighted by Gasteiger charge is 2.25. The first-order valence-electron chi connectivity index (χ1n) is 6.27. The van der Waals surface area contributed by atoms with E-state index in [1.165, 1.54) is 11.1 Å². The van der Waals surface area contributed by atoms with Crippen LogP contribution in [0.25, 0.3) is 0 Å². The van der Waals surface area contributed by atoms with Gasteiger partial charge >= 0.3 is 0 Å². The minimum atomic E-state index is 0.102. The highest BCUT2D eigenvalue weighted by Crippen LogP contribution is 2.33. The number of fused-ring (bicyclic) bond motifs is 1. The summed E-state index contributed by atoms with van der Waals surface area (Å²) in [6.45, 7) is 2.68. The molecule has 1 aliphatic rings. The molecule has 0 saturated carbocycles. The molecule has 0 saturated heterocycles. The van der Waals surface area contributed by atoms with E-state index in [1.807, 2.05) is 6.92 Å². The first-order chi connectivity index (χ1) is 8.16. The molecule has 17 heavy (non-hydrogen) atoms. The Bertz CT molecular complexity index is 401. The molecule has 0 fully saturated rings. The maximum absolute atomic E-state index is 11.5. The monoisotopic (exact) mass is 232 g/mol. The van der Waals surface area contributed by atoms with Gasteiger partial charge in [-0.15, -0.1) is 0 Å². The van der Waals surface area contributed by atoms with Crippen molar-refractivity contribution in [3.8, 4) is 0 Å². The highest BCUT2D eigenvalue weighted by atomic mass is 16.1. The Morgan fingerprint density at radius 3 is 3.00 bits per heavy atom. The molecule has 3 nitrogen and oxygen atoms in total. The topological polar surface area (TPSA) is 55.1 Å². The van der Waals surface area contributed by atoms with Crippen molar-refractivity contribution in [1.82, 2.24) is 5.32 Å². The van der Waals surface area contributed by atoms with Crippen LogP contribution in [0.3, 0.4) is 0 Å². The van der Waals surface area contributed by atoms with Crippen LogP contribution in [0, 0.1) is 0 Å². The summed E-state index contributed by atoms with van der Waals surface area (Å²) in [6, 6.07) is 8.53. The summed E-state index contributed by atoms with van der Waals surface area (Å²) >= 11 is 0. The molecular formula is C14H20N2O. The lowest BCUT2D eigenvalue weighted by Crippen LogP contribution is -2.33. The molecule has 1 amide bonds. The van der Waals surface area contributed by atoms with Crippen molar-refractivity contribution in [1.29, 1.82) is 0 Å². The van der Waals surface area contributed by atoms with Gasteiger partial charge in [-0.05, 0) is 30.9 Å².